The molecule has 2 fully saturated rings. The van der Waals surface area contributed by atoms with Gasteiger partial charge in [-0.3, -0.25) is 19.6 Å². The maximum atomic E-state index is 12.8. The molecular formula is C19H26N7O2. The highest BCUT2D eigenvalue weighted by atomic mass is 16.2. The average molecular weight is 384 g/mol. The molecule has 4 N–H and O–H groups in total. The minimum atomic E-state index is -0.578. The van der Waals surface area contributed by atoms with Crippen LogP contribution in [-0.4, -0.2) is 81.8 Å². The fraction of sp³-hybridized carbons (Fsp3) is 0.526. The summed E-state index contributed by atoms with van der Waals surface area (Å²) >= 11 is 0. The number of nitrogens with zero attached hydrogens (tertiary/aromatic N) is 4. The number of H-pyrrole nitrogens is 1. The van der Waals surface area contributed by atoms with Crippen molar-refractivity contribution in [3.63, 3.8) is 0 Å². The van der Waals surface area contributed by atoms with E-state index >= 15 is 0 Å². The number of aromatic amines is 1. The van der Waals surface area contributed by atoms with Gasteiger partial charge < -0.3 is 16.0 Å². The van der Waals surface area contributed by atoms with Crippen molar-refractivity contribution in [1.29, 1.82) is 0 Å². The monoisotopic (exact) mass is 384 g/mol. The van der Waals surface area contributed by atoms with Crippen LogP contribution in [-0.2, 0) is 16.0 Å². The summed E-state index contributed by atoms with van der Waals surface area (Å²) in [6.07, 6.45) is 4.23. The van der Waals surface area contributed by atoms with Gasteiger partial charge in [0, 0.05) is 25.7 Å². The Bertz CT molecular complexity index is 846. The number of nitrogens with two attached hydrogens (primary N) is 1. The molecular weight excluding hydrogens is 358 g/mol. The summed E-state index contributed by atoms with van der Waals surface area (Å²) in [5, 5.41) is 13.9. The third kappa shape index (κ3) is 4.00. The van der Waals surface area contributed by atoms with Crippen LogP contribution in [0.4, 0.5) is 0 Å². The van der Waals surface area contributed by atoms with Crippen LogP contribution < -0.4 is 11.1 Å². The number of rotatable bonds is 5. The molecule has 1 radical (unpaired) electrons. The summed E-state index contributed by atoms with van der Waals surface area (Å²) in [5.74, 6) is -0.585. The molecule has 149 valence electrons. The zero-order valence-electron chi connectivity index (χ0n) is 15.8. The Kier molecular flexibility index (Phi) is 5.54. The van der Waals surface area contributed by atoms with Gasteiger partial charge >= 0.3 is 0 Å². The minimum Gasteiger partial charge on any atom is -0.368 e. The van der Waals surface area contributed by atoms with Crippen molar-refractivity contribution in [2.24, 2.45) is 5.73 Å². The number of piperidine rings is 1. The molecule has 9 nitrogen and oxygen atoms in total. The second-order valence-corrected chi connectivity index (χ2v) is 7.50. The van der Waals surface area contributed by atoms with Gasteiger partial charge in [0.05, 0.1) is 11.9 Å². The van der Waals surface area contributed by atoms with Crippen LogP contribution in [0.3, 0.4) is 0 Å². The van der Waals surface area contributed by atoms with Gasteiger partial charge in [0.2, 0.25) is 11.8 Å². The Hall–Kier alpha value is -2.52. The third-order valence-electron chi connectivity index (χ3n) is 5.75. The van der Waals surface area contributed by atoms with Crippen LogP contribution >= 0.6 is 0 Å². The third-order valence-corrected chi connectivity index (χ3v) is 5.75. The van der Waals surface area contributed by atoms with Crippen molar-refractivity contribution in [2.75, 3.05) is 32.7 Å². The maximum Gasteiger partial charge on any atom is 0.241 e. The molecule has 1 atom stereocenters. The molecule has 2 amide bonds. The summed E-state index contributed by atoms with van der Waals surface area (Å²) < 4.78 is 0. The van der Waals surface area contributed by atoms with E-state index in [1.807, 2.05) is 18.2 Å². The lowest BCUT2D eigenvalue weighted by Crippen LogP contribution is -2.62. The molecule has 2 aromatic rings. The van der Waals surface area contributed by atoms with Crippen molar-refractivity contribution in [3.05, 3.63) is 30.2 Å². The van der Waals surface area contributed by atoms with E-state index < -0.39 is 11.9 Å². The summed E-state index contributed by atoms with van der Waals surface area (Å²) in [6.45, 7) is 3.81. The fourth-order valence-electron chi connectivity index (χ4n) is 4.15. The average Bonchev–Trinajstić information content (AvgIpc) is 3.20. The highest BCUT2D eigenvalue weighted by Gasteiger charge is 2.36. The first-order valence-corrected chi connectivity index (χ1v) is 9.79. The Balaban J connectivity index is 1.37. The molecule has 2 saturated heterocycles. The van der Waals surface area contributed by atoms with Gasteiger partial charge in [0.25, 0.3) is 0 Å². The summed E-state index contributed by atoms with van der Waals surface area (Å²) in [7, 11) is 0. The van der Waals surface area contributed by atoms with Crippen molar-refractivity contribution >= 4 is 22.8 Å². The SMILES string of the molecule is NC(=O)C1CN(C2CCNCC2)CCN1C(=O)[CH]Cc1ccc2[nH]nnc2c1. The number of amides is 2. The Labute approximate surface area is 163 Å². The lowest BCUT2D eigenvalue weighted by atomic mass is 10.0. The highest BCUT2D eigenvalue weighted by Crippen LogP contribution is 2.19. The van der Waals surface area contributed by atoms with E-state index in [2.05, 4.69) is 25.6 Å². The molecule has 0 aliphatic carbocycles. The van der Waals surface area contributed by atoms with Gasteiger partial charge in [-0.15, -0.1) is 5.10 Å². The number of hydrogen-bond donors (Lipinski definition) is 3. The van der Waals surface area contributed by atoms with Gasteiger partial charge in [-0.2, -0.15) is 0 Å². The zero-order chi connectivity index (χ0) is 19.5. The summed E-state index contributed by atoms with van der Waals surface area (Å²) in [5.41, 5.74) is 8.24. The molecule has 0 spiro atoms. The number of piperazine rings is 1. The highest BCUT2D eigenvalue weighted by molar-refractivity contribution is 5.91. The topological polar surface area (TPSA) is 120 Å². The van der Waals surface area contributed by atoms with E-state index in [1.165, 1.54) is 0 Å². The number of primary amides is 1. The summed E-state index contributed by atoms with van der Waals surface area (Å²) in [4.78, 5) is 28.8. The number of benzene rings is 1. The molecule has 0 bridgehead atoms. The molecule has 2 aliphatic heterocycles. The van der Waals surface area contributed by atoms with Crippen LogP contribution in [0, 0.1) is 6.42 Å². The molecule has 1 aromatic heterocycles. The van der Waals surface area contributed by atoms with E-state index in [-0.39, 0.29) is 5.91 Å². The van der Waals surface area contributed by atoms with Crippen LogP contribution in [0.5, 0.6) is 0 Å². The molecule has 3 heterocycles. The molecule has 0 saturated carbocycles. The van der Waals surface area contributed by atoms with E-state index in [9.17, 15) is 9.59 Å². The van der Waals surface area contributed by atoms with Gasteiger partial charge in [0.1, 0.15) is 11.6 Å². The van der Waals surface area contributed by atoms with E-state index in [4.69, 9.17) is 5.73 Å². The van der Waals surface area contributed by atoms with Crippen LogP contribution in [0.1, 0.15) is 18.4 Å². The number of fused-ring (bicyclic) bond motifs is 1. The standard InChI is InChI=1S/C19H26N7O2/c20-19(28)17-12-25(14-5-7-21-8-6-14)9-10-26(17)18(27)4-2-13-1-3-15-16(11-13)23-24-22-15/h1,3-4,11,14,17,21H,2,5-10,12H2,(H2,20,28)(H,22,23,24). The first-order valence-electron chi connectivity index (χ1n) is 9.79. The van der Waals surface area contributed by atoms with Crippen LogP contribution in [0.2, 0.25) is 0 Å². The normalized spacial score (nSPS) is 21.9. The maximum absolute atomic E-state index is 12.8. The van der Waals surface area contributed by atoms with Gasteiger partial charge in [-0.05, 0) is 50.0 Å². The largest absolute Gasteiger partial charge is 0.368 e. The second kappa shape index (κ2) is 8.24. The first kappa shape index (κ1) is 18.8. The van der Waals surface area contributed by atoms with Crippen molar-refractivity contribution in [3.8, 4) is 0 Å². The van der Waals surface area contributed by atoms with Crippen molar-refractivity contribution < 1.29 is 9.59 Å². The van der Waals surface area contributed by atoms with Crippen molar-refractivity contribution in [1.82, 2.24) is 30.5 Å². The minimum absolute atomic E-state index is 0.144. The van der Waals surface area contributed by atoms with E-state index in [0.29, 0.717) is 25.6 Å². The number of aromatic nitrogens is 3. The molecule has 9 heteroatoms. The summed E-state index contributed by atoms with van der Waals surface area (Å²) in [6, 6.07) is 5.62. The Morgan fingerprint density at radius 2 is 2.07 bits per heavy atom. The lowest BCUT2D eigenvalue weighted by Gasteiger charge is -2.44. The number of nitrogens with one attached hydrogen (secondary N) is 2. The Morgan fingerprint density at radius 1 is 1.25 bits per heavy atom. The predicted octanol–water partition coefficient (Wildman–Crippen LogP) is -0.545. The smallest absolute Gasteiger partial charge is 0.241 e. The van der Waals surface area contributed by atoms with Crippen LogP contribution in [0.15, 0.2) is 18.2 Å². The quantitative estimate of drug-likeness (QED) is 0.636. The van der Waals surface area contributed by atoms with Crippen molar-refractivity contribution in [2.45, 2.75) is 31.3 Å². The lowest BCUT2D eigenvalue weighted by molar-refractivity contribution is -0.141. The van der Waals surface area contributed by atoms with E-state index in [0.717, 1.165) is 49.1 Å². The van der Waals surface area contributed by atoms with Crippen LogP contribution in [0.25, 0.3) is 11.0 Å². The predicted molar refractivity (Wildman–Crippen MR) is 104 cm³/mol. The van der Waals surface area contributed by atoms with E-state index in [1.54, 1.807) is 11.3 Å². The van der Waals surface area contributed by atoms with Gasteiger partial charge in [0.15, 0.2) is 0 Å². The first-order chi connectivity index (χ1) is 13.6. The Morgan fingerprint density at radius 3 is 2.86 bits per heavy atom. The van der Waals surface area contributed by atoms with Gasteiger partial charge in [-0.25, -0.2) is 0 Å². The molecule has 4 rings (SSSR count). The molecule has 2 aliphatic rings. The zero-order valence-corrected chi connectivity index (χ0v) is 15.8. The molecule has 1 unspecified atom stereocenters. The number of hydrogen-bond acceptors (Lipinski definition) is 6. The fourth-order valence-corrected chi connectivity index (χ4v) is 4.15. The number of carbonyl (C=O) groups excluding carboxylic acids is 2. The second-order valence-electron chi connectivity index (χ2n) is 7.50. The van der Waals surface area contributed by atoms with Gasteiger partial charge in [-0.1, -0.05) is 11.3 Å². The number of carbonyl (C=O) groups is 2. The molecule has 28 heavy (non-hydrogen) atoms. The molecule has 1 aromatic carbocycles.